The summed E-state index contributed by atoms with van der Waals surface area (Å²) in [5.41, 5.74) is 2.36. The number of nitrogens with two attached hydrogens (primary N) is 1. The van der Waals surface area contributed by atoms with Crippen molar-refractivity contribution in [3.05, 3.63) is 11.8 Å². The van der Waals surface area contributed by atoms with Crippen molar-refractivity contribution in [1.29, 1.82) is 5.41 Å². The van der Waals surface area contributed by atoms with Crippen LogP contribution in [-0.2, 0) is 9.63 Å². The molecule has 0 saturated carbocycles. The highest BCUT2D eigenvalue weighted by molar-refractivity contribution is 6.10. The minimum atomic E-state index is -0.416. The fourth-order valence-electron chi connectivity index (χ4n) is 0.521. The molecule has 5 nitrogen and oxygen atoms in total. The zero-order valence-corrected chi connectivity index (χ0v) is 6.55. The van der Waals surface area contributed by atoms with E-state index >= 15 is 0 Å². The van der Waals surface area contributed by atoms with Crippen LogP contribution in [0.1, 0.15) is 0 Å². The third-order valence-corrected chi connectivity index (χ3v) is 0.959. The van der Waals surface area contributed by atoms with Gasteiger partial charge < -0.3 is 10.7 Å². The Morgan fingerprint density at radius 1 is 1.73 bits per heavy atom. The van der Waals surface area contributed by atoms with E-state index in [1.807, 2.05) is 0 Å². The number of nitrogens with one attached hydrogen (secondary N) is 2. The van der Waals surface area contributed by atoms with Crippen LogP contribution in [0.3, 0.4) is 0 Å². The number of hydrogen-bond acceptors (Lipinski definition) is 3. The molecule has 11 heavy (non-hydrogen) atoms. The first-order valence-electron chi connectivity index (χ1n) is 3.09. The fraction of sp³-hybridized carbons (Fsp3) is 0.333. The van der Waals surface area contributed by atoms with Gasteiger partial charge in [-0.3, -0.25) is 9.63 Å². The van der Waals surface area contributed by atoms with Gasteiger partial charge >= 0.3 is 0 Å². The Morgan fingerprint density at radius 2 is 2.36 bits per heavy atom. The molecule has 5 heteroatoms. The lowest BCUT2D eigenvalue weighted by molar-refractivity contribution is -0.556. The lowest BCUT2D eigenvalue weighted by atomic mass is 10.3. The largest absolute Gasteiger partial charge is 0.322 e. The summed E-state index contributed by atoms with van der Waals surface area (Å²) >= 11 is 0. The zero-order valence-electron chi connectivity index (χ0n) is 6.55. The molecule has 0 aliphatic rings. The van der Waals surface area contributed by atoms with E-state index in [2.05, 4.69) is 10.3 Å². The van der Waals surface area contributed by atoms with Gasteiger partial charge in [-0.25, -0.2) is 5.48 Å². The summed E-state index contributed by atoms with van der Waals surface area (Å²) in [4.78, 5) is 15.3. The van der Waals surface area contributed by atoms with Gasteiger partial charge in [0.2, 0.25) is 0 Å². The van der Waals surface area contributed by atoms with Crippen molar-refractivity contribution in [3.63, 3.8) is 0 Å². The summed E-state index contributed by atoms with van der Waals surface area (Å²) in [6, 6.07) is 0. The second kappa shape index (κ2) is 5.57. The molecule has 0 fully saturated rings. The van der Waals surface area contributed by atoms with Crippen LogP contribution in [0.4, 0.5) is 0 Å². The molecule has 0 aliphatic heterocycles. The van der Waals surface area contributed by atoms with Crippen LogP contribution in [-0.4, -0.2) is 26.3 Å². The number of hydroxylamine groups is 1. The average molecular weight is 158 g/mol. The standard InChI is InChI=1S/C6H11N3O2/c1-8-4-5(3-7)6(10)9-11-2/h3-4,7-8H,1-2H3,(H,9,10)/p+1. The Morgan fingerprint density at radius 3 is 2.73 bits per heavy atom. The highest BCUT2D eigenvalue weighted by Crippen LogP contribution is 1.84. The van der Waals surface area contributed by atoms with E-state index in [0.29, 0.717) is 0 Å². The molecule has 0 spiro atoms. The predicted octanol–water partition coefficient (Wildman–Crippen LogP) is -1.61. The van der Waals surface area contributed by atoms with Crippen molar-refractivity contribution in [2.24, 2.45) is 0 Å². The maximum absolute atomic E-state index is 10.9. The number of quaternary nitrogens is 1. The van der Waals surface area contributed by atoms with Gasteiger partial charge in [-0.1, -0.05) is 0 Å². The van der Waals surface area contributed by atoms with Crippen LogP contribution in [0.2, 0.25) is 0 Å². The first kappa shape index (κ1) is 9.80. The van der Waals surface area contributed by atoms with Crippen molar-refractivity contribution in [2.75, 3.05) is 14.2 Å². The molecule has 1 amide bonds. The van der Waals surface area contributed by atoms with Gasteiger partial charge in [-0.05, 0) is 0 Å². The summed E-state index contributed by atoms with van der Waals surface area (Å²) in [7, 11) is 3.11. The Balaban J connectivity index is 4.14. The van der Waals surface area contributed by atoms with E-state index in [1.165, 1.54) is 13.3 Å². The Hall–Kier alpha value is -1.20. The molecule has 0 atom stereocenters. The minimum Gasteiger partial charge on any atom is -0.322 e. The van der Waals surface area contributed by atoms with Gasteiger partial charge in [0.15, 0.2) is 0 Å². The highest BCUT2D eigenvalue weighted by Gasteiger charge is 2.05. The molecule has 0 aromatic rings. The molecule has 0 rings (SSSR count). The number of carbonyl (C=O) groups is 1. The molecule has 0 aromatic carbocycles. The Bertz CT molecular complexity index is 177. The summed E-state index contributed by atoms with van der Waals surface area (Å²) in [5.74, 6) is -0.416. The topological polar surface area (TPSA) is 78.8 Å². The molecule has 0 saturated heterocycles. The maximum Gasteiger partial charge on any atom is 0.281 e. The first-order chi connectivity index (χ1) is 5.26. The second-order valence-electron chi connectivity index (χ2n) is 1.73. The van der Waals surface area contributed by atoms with E-state index in [9.17, 15) is 4.79 Å². The summed E-state index contributed by atoms with van der Waals surface area (Å²) in [6.45, 7) is 0. The maximum atomic E-state index is 10.9. The third-order valence-electron chi connectivity index (χ3n) is 0.959. The van der Waals surface area contributed by atoms with E-state index in [0.717, 1.165) is 6.21 Å². The normalized spacial score (nSPS) is 10.9. The first-order valence-corrected chi connectivity index (χ1v) is 3.09. The SMILES string of the molecule is C[NH2+]C=C(C=N)C(=O)NOC. The molecule has 0 bridgehead atoms. The number of rotatable bonds is 4. The molecule has 4 N–H and O–H groups in total. The van der Waals surface area contributed by atoms with Crippen LogP contribution in [0.15, 0.2) is 11.8 Å². The number of hydrogen-bond donors (Lipinski definition) is 3. The molecule has 0 aliphatic carbocycles. The second-order valence-corrected chi connectivity index (χ2v) is 1.73. The van der Waals surface area contributed by atoms with Gasteiger partial charge in [-0.2, -0.15) is 0 Å². The monoisotopic (exact) mass is 158 g/mol. The summed E-state index contributed by atoms with van der Waals surface area (Å²) in [6.07, 6.45) is 2.50. The van der Waals surface area contributed by atoms with Crippen molar-refractivity contribution in [1.82, 2.24) is 5.48 Å². The lowest BCUT2D eigenvalue weighted by Gasteiger charge is -1.98. The quantitative estimate of drug-likeness (QED) is 0.261. The van der Waals surface area contributed by atoms with Gasteiger partial charge in [0.25, 0.3) is 5.91 Å². The minimum absolute atomic E-state index is 0.259. The van der Waals surface area contributed by atoms with Crippen LogP contribution in [0, 0.1) is 5.41 Å². The average Bonchev–Trinajstić information content (AvgIpc) is 2.00. The fourth-order valence-corrected chi connectivity index (χ4v) is 0.521. The van der Waals surface area contributed by atoms with Crippen LogP contribution in [0.25, 0.3) is 0 Å². The van der Waals surface area contributed by atoms with Crippen molar-refractivity contribution < 1.29 is 14.9 Å². The smallest absolute Gasteiger partial charge is 0.281 e. The van der Waals surface area contributed by atoms with E-state index < -0.39 is 5.91 Å². The number of carbonyl (C=O) groups excluding carboxylic acids is 1. The van der Waals surface area contributed by atoms with Crippen LogP contribution < -0.4 is 10.8 Å². The number of amides is 1. The van der Waals surface area contributed by atoms with Crippen molar-refractivity contribution in [3.8, 4) is 0 Å². The predicted molar refractivity (Wildman–Crippen MR) is 39.9 cm³/mol. The Labute approximate surface area is 64.9 Å². The molecule has 62 valence electrons. The molecular weight excluding hydrogens is 146 g/mol. The highest BCUT2D eigenvalue weighted by atomic mass is 16.6. The van der Waals surface area contributed by atoms with Crippen LogP contribution >= 0.6 is 0 Å². The Kier molecular flexibility index (Phi) is 4.97. The van der Waals surface area contributed by atoms with Gasteiger partial charge in [0, 0.05) is 6.21 Å². The van der Waals surface area contributed by atoms with E-state index in [4.69, 9.17) is 5.41 Å². The van der Waals surface area contributed by atoms with Crippen molar-refractivity contribution in [2.45, 2.75) is 0 Å². The van der Waals surface area contributed by atoms with E-state index in [1.54, 1.807) is 12.4 Å². The zero-order chi connectivity index (χ0) is 8.69. The molecule has 0 radical (unpaired) electrons. The van der Waals surface area contributed by atoms with Gasteiger partial charge in [-0.15, -0.1) is 0 Å². The molecular formula is C6H12N3O2+. The van der Waals surface area contributed by atoms with Crippen LogP contribution in [0.5, 0.6) is 0 Å². The molecule has 0 unspecified atom stereocenters. The van der Waals surface area contributed by atoms with E-state index in [-0.39, 0.29) is 5.57 Å². The van der Waals surface area contributed by atoms with Gasteiger partial charge in [0.05, 0.1) is 14.2 Å². The van der Waals surface area contributed by atoms with Crippen molar-refractivity contribution >= 4 is 12.1 Å². The molecule has 0 heterocycles. The summed E-state index contributed by atoms with van der Waals surface area (Å²) < 4.78 is 0. The molecule has 0 aromatic heterocycles. The lowest BCUT2D eigenvalue weighted by Crippen LogP contribution is -2.73. The third kappa shape index (κ3) is 3.49. The van der Waals surface area contributed by atoms with Gasteiger partial charge in [0.1, 0.15) is 11.8 Å². The summed E-state index contributed by atoms with van der Waals surface area (Å²) in [5, 5.41) is 8.52.